The zero-order chi connectivity index (χ0) is 12.5. The molecule has 1 rings (SSSR count). The quantitative estimate of drug-likeness (QED) is 0.671. The van der Waals surface area contributed by atoms with E-state index in [2.05, 4.69) is 31.3 Å². The highest BCUT2D eigenvalue weighted by Gasteiger charge is 2.14. The first-order valence-electron chi connectivity index (χ1n) is 6.62. The maximum atomic E-state index is 5.82. The van der Waals surface area contributed by atoms with Crippen LogP contribution in [0.4, 0.5) is 0 Å². The van der Waals surface area contributed by atoms with Crippen LogP contribution >= 0.6 is 0 Å². The lowest BCUT2D eigenvalue weighted by atomic mass is 10.1. The van der Waals surface area contributed by atoms with E-state index in [1.54, 1.807) is 7.11 Å². The number of hydrogen-bond acceptors (Lipinski definition) is 3. The molecule has 0 radical (unpaired) electrons. The van der Waals surface area contributed by atoms with Gasteiger partial charge in [0, 0.05) is 20.1 Å². The number of furan rings is 1. The second-order valence-electron chi connectivity index (χ2n) is 4.30. The molecule has 0 aliphatic heterocycles. The van der Waals surface area contributed by atoms with Gasteiger partial charge in [0.1, 0.15) is 11.5 Å². The standard InChI is InChI=1S/C14H25NO2/c1-4-10-15-13(7-6-11-16-3)14-9-8-12(5-2)17-14/h8-9,13,15H,4-7,10-11H2,1-3H3. The van der Waals surface area contributed by atoms with Gasteiger partial charge in [0.2, 0.25) is 0 Å². The molecule has 0 aliphatic carbocycles. The van der Waals surface area contributed by atoms with Crippen molar-refractivity contribution in [3.63, 3.8) is 0 Å². The van der Waals surface area contributed by atoms with Crippen molar-refractivity contribution in [1.82, 2.24) is 5.32 Å². The van der Waals surface area contributed by atoms with E-state index in [-0.39, 0.29) is 0 Å². The minimum atomic E-state index is 0.324. The van der Waals surface area contributed by atoms with E-state index in [0.717, 1.165) is 50.4 Å². The van der Waals surface area contributed by atoms with Gasteiger partial charge in [-0.15, -0.1) is 0 Å². The Labute approximate surface area is 105 Å². The molecular formula is C14H25NO2. The summed E-state index contributed by atoms with van der Waals surface area (Å²) in [6.45, 7) is 6.13. The van der Waals surface area contributed by atoms with Crippen molar-refractivity contribution in [2.24, 2.45) is 0 Å². The molecule has 0 fully saturated rings. The average Bonchev–Trinajstić information content (AvgIpc) is 2.82. The fourth-order valence-corrected chi connectivity index (χ4v) is 1.87. The molecule has 1 aromatic heterocycles. The number of nitrogens with one attached hydrogen (secondary N) is 1. The summed E-state index contributed by atoms with van der Waals surface area (Å²) < 4.78 is 10.9. The van der Waals surface area contributed by atoms with Gasteiger partial charge >= 0.3 is 0 Å². The van der Waals surface area contributed by atoms with E-state index in [1.807, 2.05) is 0 Å². The fourth-order valence-electron chi connectivity index (χ4n) is 1.87. The van der Waals surface area contributed by atoms with Crippen molar-refractivity contribution in [1.29, 1.82) is 0 Å². The van der Waals surface area contributed by atoms with Crippen LogP contribution in [0.5, 0.6) is 0 Å². The highest BCUT2D eigenvalue weighted by molar-refractivity contribution is 5.10. The van der Waals surface area contributed by atoms with Crippen LogP contribution in [-0.4, -0.2) is 20.3 Å². The largest absolute Gasteiger partial charge is 0.464 e. The van der Waals surface area contributed by atoms with E-state index in [0.29, 0.717) is 6.04 Å². The Bertz CT molecular complexity index is 296. The van der Waals surface area contributed by atoms with Gasteiger partial charge in [-0.2, -0.15) is 0 Å². The van der Waals surface area contributed by atoms with Crippen LogP contribution in [0.3, 0.4) is 0 Å². The summed E-state index contributed by atoms with van der Waals surface area (Å²) in [6.07, 6.45) is 4.21. The molecule has 17 heavy (non-hydrogen) atoms. The number of rotatable bonds is 9. The second kappa shape index (κ2) is 8.31. The fraction of sp³-hybridized carbons (Fsp3) is 0.714. The van der Waals surface area contributed by atoms with Gasteiger partial charge in [0.15, 0.2) is 0 Å². The Hall–Kier alpha value is -0.800. The van der Waals surface area contributed by atoms with Crippen LogP contribution in [0.15, 0.2) is 16.5 Å². The van der Waals surface area contributed by atoms with Crippen molar-refractivity contribution in [2.45, 2.75) is 45.6 Å². The van der Waals surface area contributed by atoms with Gasteiger partial charge in [-0.05, 0) is 37.9 Å². The number of aryl methyl sites for hydroxylation is 1. The minimum absolute atomic E-state index is 0.324. The summed E-state index contributed by atoms with van der Waals surface area (Å²) in [7, 11) is 1.75. The zero-order valence-electron chi connectivity index (χ0n) is 11.3. The predicted molar refractivity (Wildman–Crippen MR) is 70.2 cm³/mol. The van der Waals surface area contributed by atoms with Gasteiger partial charge in [0.25, 0.3) is 0 Å². The van der Waals surface area contributed by atoms with Crippen molar-refractivity contribution >= 4 is 0 Å². The molecule has 98 valence electrons. The lowest BCUT2D eigenvalue weighted by Crippen LogP contribution is -2.22. The van der Waals surface area contributed by atoms with Gasteiger partial charge in [-0.25, -0.2) is 0 Å². The molecule has 1 atom stereocenters. The van der Waals surface area contributed by atoms with Crippen LogP contribution in [0.2, 0.25) is 0 Å². The Morgan fingerprint density at radius 3 is 2.76 bits per heavy atom. The second-order valence-corrected chi connectivity index (χ2v) is 4.30. The monoisotopic (exact) mass is 239 g/mol. The minimum Gasteiger partial charge on any atom is -0.464 e. The van der Waals surface area contributed by atoms with E-state index in [4.69, 9.17) is 9.15 Å². The Morgan fingerprint density at radius 1 is 1.35 bits per heavy atom. The topological polar surface area (TPSA) is 34.4 Å². The molecule has 0 saturated carbocycles. The summed E-state index contributed by atoms with van der Waals surface area (Å²) in [5.74, 6) is 2.13. The maximum Gasteiger partial charge on any atom is 0.121 e. The first kappa shape index (κ1) is 14.3. The molecule has 3 nitrogen and oxygen atoms in total. The molecule has 1 N–H and O–H groups in total. The maximum absolute atomic E-state index is 5.82. The van der Waals surface area contributed by atoms with Crippen molar-refractivity contribution in [3.05, 3.63) is 23.7 Å². The summed E-state index contributed by atoms with van der Waals surface area (Å²) in [5.41, 5.74) is 0. The molecule has 0 saturated heterocycles. The number of hydrogen-bond donors (Lipinski definition) is 1. The normalized spacial score (nSPS) is 12.9. The molecular weight excluding hydrogens is 214 g/mol. The molecule has 0 aromatic carbocycles. The molecule has 0 spiro atoms. The van der Waals surface area contributed by atoms with Crippen LogP contribution in [0.25, 0.3) is 0 Å². The Kier molecular flexibility index (Phi) is 6.97. The zero-order valence-corrected chi connectivity index (χ0v) is 11.3. The molecule has 0 amide bonds. The molecule has 0 bridgehead atoms. The third-order valence-electron chi connectivity index (χ3n) is 2.86. The first-order valence-corrected chi connectivity index (χ1v) is 6.62. The molecule has 1 heterocycles. The van der Waals surface area contributed by atoms with Gasteiger partial charge < -0.3 is 14.5 Å². The highest BCUT2D eigenvalue weighted by Crippen LogP contribution is 2.21. The van der Waals surface area contributed by atoms with Crippen LogP contribution in [0.1, 0.15) is 50.7 Å². The number of methoxy groups -OCH3 is 1. The van der Waals surface area contributed by atoms with E-state index in [1.165, 1.54) is 0 Å². The molecule has 1 unspecified atom stereocenters. The summed E-state index contributed by atoms with van der Waals surface area (Å²) in [5, 5.41) is 3.53. The highest BCUT2D eigenvalue weighted by atomic mass is 16.5. The third kappa shape index (κ3) is 4.92. The SMILES string of the molecule is CCCNC(CCCOC)c1ccc(CC)o1. The molecule has 3 heteroatoms. The number of ether oxygens (including phenoxy) is 1. The van der Waals surface area contributed by atoms with E-state index < -0.39 is 0 Å². The first-order chi connectivity index (χ1) is 8.31. The average molecular weight is 239 g/mol. The van der Waals surface area contributed by atoms with Crippen LogP contribution < -0.4 is 5.32 Å². The Morgan fingerprint density at radius 2 is 2.18 bits per heavy atom. The predicted octanol–water partition coefficient (Wildman–Crippen LogP) is 3.31. The van der Waals surface area contributed by atoms with Crippen molar-refractivity contribution < 1.29 is 9.15 Å². The molecule has 1 aromatic rings. The summed E-state index contributed by atoms with van der Waals surface area (Å²) >= 11 is 0. The third-order valence-corrected chi connectivity index (χ3v) is 2.86. The van der Waals surface area contributed by atoms with Crippen molar-refractivity contribution in [3.8, 4) is 0 Å². The van der Waals surface area contributed by atoms with Crippen molar-refractivity contribution in [2.75, 3.05) is 20.3 Å². The van der Waals surface area contributed by atoms with Gasteiger partial charge in [-0.3, -0.25) is 0 Å². The smallest absolute Gasteiger partial charge is 0.121 e. The van der Waals surface area contributed by atoms with Crippen LogP contribution in [0, 0.1) is 0 Å². The van der Waals surface area contributed by atoms with E-state index >= 15 is 0 Å². The Balaban J connectivity index is 2.54. The van der Waals surface area contributed by atoms with Gasteiger partial charge in [0.05, 0.1) is 6.04 Å². The lowest BCUT2D eigenvalue weighted by Gasteiger charge is -2.16. The summed E-state index contributed by atoms with van der Waals surface area (Å²) in [6, 6.07) is 4.50. The van der Waals surface area contributed by atoms with Crippen LogP contribution in [-0.2, 0) is 11.2 Å². The van der Waals surface area contributed by atoms with Gasteiger partial charge in [-0.1, -0.05) is 13.8 Å². The van der Waals surface area contributed by atoms with E-state index in [9.17, 15) is 0 Å². The lowest BCUT2D eigenvalue weighted by molar-refractivity contribution is 0.187. The molecule has 0 aliphatic rings. The summed E-state index contributed by atoms with van der Waals surface area (Å²) in [4.78, 5) is 0.